The summed E-state index contributed by atoms with van der Waals surface area (Å²) in [4.78, 5) is 7.09. The first-order valence-corrected chi connectivity index (χ1v) is 45.8. The van der Waals surface area contributed by atoms with Crippen LogP contribution in [-0.4, -0.2) is 7.05 Å². The van der Waals surface area contributed by atoms with Gasteiger partial charge in [-0.05, 0) is 226 Å². The first-order chi connectivity index (χ1) is 62.9. The highest BCUT2D eigenvalue weighted by molar-refractivity contribution is 7.27. The minimum Gasteiger partial charge on any atom is -0.343 e. The number of rotatable bonds is 8. The number of hydrogen-bond donors (Lipinski definition) is 0. The van der Waals surface area contributed by atoms with Gasteiger partial charge in [-0.15, -0.1) is 34.0 Å². The van der Waals surface area contributed by atoms with Gasteiger partial charge in [0, 0.05) is 81.9 Å². The molecule has 3 nitrogen and oxygen atoms in total. The summed E-state index contributed by atoms with van der Waals surface area (Å²) in [5, 5.41) is 39.2. The molecule has 0 N–H and O–H groups in total. The zero-order chi connectivity index (χ0) is 84.0. The van der Waals surface area contributed by atoms with E-state index in [1.54, 1.807) is 0 Å². The van der Waals surface area contributed by atoms with E-state index in [1.165, 1.54) is 213 Å². The largest absolute Gasteiger partial charge is 0.343 e. The quantitative estimate of drug-likeness (QED) is 0.140. The second-order valence-electron chi connectivity index (χ2n) is 32.9. The second kappa shape index (κ2) is 31.7. The SMILES string of the molecule is CN(c1ccccc1)c1cccc2c1sc1ccccc12.c1ccc(N(c2ccc3c(ccc4c3ccc3ccc5ccccc5c34)c2)c2cccc3c2sc2ccccc23)cc1.c1ccc(N(c2ccc3c(ccc4ccc5c6ccccc6ccc5c43)c2)c2cccc3c2sc2ccccc23)cc1.c1ccc2c(c1)ccc1c2ccc2ccc3ccccc3c21. The molecule has 27 rings (SSSR count). The van der Waals surface area contributed by atoms with Crippen molar-refractivity contribution in [2.45, 2.75) is 0 Å². The molecule has 27 aromatic rings. The molecule has 0 aliphatic heterocycles. The average molecular weight is 1670 g/mol. The van der Waals surface area contributed by atoms with Crippen LogP contribution in [0.15, 0.2) is 461 Å². The topological polar surface area (TPSA) is 9.72 Å². The molecule has 0 radical (unpaired) electrons. The fraction of sp³-hybridized carbons (Fsp3) is 0.00826. The molecule has 0 saturated heterocycles. The number of nitrogens with zero attached hydrogens (tertiary/aromatic N) is 3. The lowest BCUT2D eigenvalue weighted by atomic mass is 9.93. The number of benzene rings is 24. The van der Waals surface area contributed by atoms with E-state index in [2.05, 4.69) is 483 Å². The number of anilines is 8. The fourth-order valence-corrected chi connectivity index (χ4v) is 23.4. The summed E-state index contributed by atoms with van der Waals surface area (Å²) < 4.78 is 7.94. The van der Waals surface area contributed by atoms with Crippen molar-refractivity contribution in [3.05, 3.63) is 461 Å². The van der Waals surface area contributed by atoms with Gasteiger partial charge in [-0.1, -0.05) is 364 Å². The first-order valence-electron chi connectivity index (χ1n) is 43.4. The van der Waals surface area contributed by atoms with Crippen LogP contribution in [0.5, 0.6) is 0 Å². The van der Waals surface area contributed by atoms with Gasteiger partial charge >= 0.3 is 0 Å². The van der Waals surface area contributed by atoms with Crippen molar-refractivity contribution in [2.24, 2.45) is 0 Å². The Morgan fingerprint density at radius 2 is 0.402 bits per heavy atom. The lowest BCUT2D eigenvalue weighted by molar-refractivity contribution is 1.22. The van der Waals surface area contributed by atoms with E-state index >= 15 is 0 Å². The van der Waals surface area contributed by atoms with Crippen LogP contribution in [0.2, 0.25) is 0 Å². The van der Waals surface area contributed by atoms with Crippen LogP contribution in [0.4, 0.5) is 45.5 Å². The van der Waals surface area contributed by atoms with Gasteiger partial charge in [0.05, 0.1) is 31.2 Å². The molecule has 0 spiro atoms. The molecule has 0 unspecified atom stereocenters. The summed E-state index contributed by atoms with van der Waals surface area (Å²) in [6.07, 6.45) is 0. The normalized spacial score (nSPS) is 11.7. The Balaban J connectivity index is 0.0000000990. The molecule has 127 heavy (non-hydrogen) atoms. The molecular formula is C121H79N3S3. The molecule has 0 atom stereocenters. The van der Waals surface area contributed by atoms with Gasteiger partial charge in [-0.2, -0.15) is 0 Å². The third-order valence-corrected chi connectivity index (χ3v) is 29.4. The van der Waals surface area contributed by atoms with Crippen LogP contribution < -0.4 is 14.7 Å². The molecule has 24 aromatic carbocycles. The third-order valence-electron chi connectivity index (χ3n) is 25.7. The monoisotopic (exact) mass is 1670 g/mol. The van der Waals surface area contributed by atoms with E-state index in [4.69, 9.17) is 0 Å². The minimum atomic E-state index is 1.15. The van der Waals surface area contributed by atoms with Gasteiger partial charge in [0.15, 0.2) is 0 Å². The summed E-state index contributed by atoms with van der Waals surface area (Å²) in [6, 6.07) is 167. The van der Waals surface area contributed by atoms with Gasteiger partial charge in [0.25, 0.3) is 0 Å². The van der Waals surface area contributed by atoms with Gasteiger partial charge in [-0.25, -0.2) is 0 Å². The van der Waals surface area contributed by atoms with Crippen LogP contribution in [0.25, 0.3) is 190 Å². The number of para-hydroxylation sites is 3. The minimum absolute atomic E-state index is 1.15. The number of thiophene rings is 3. The highest BCUT2D eigenvalue weighted by atomic mass is 32.1. The molecule has 0 aliphatic carbocycles. The van der Waals surface area contributed by atoms with E-state index < -0.39 is 0 Å². The maximum Gasteiger partial charge on any atom is 0.0640 e. The van der Waals surface area contributed by atoms with Crippen molar-refractivity contribution in [3.8, 4) is 0 Å². The Kier molecular flexibility index (Phi) is 18.8. The lowest BCUT2D eigenvalue weighted by Crippen LogP contribution is -2.09. The van der Waals surface area contributed by atoms with Crippen LogP contribution in [0.1, 0.15) is 0 Å². The van der Waals surface area contributed by atoms with Crippen molar-refractivity contribution < 1.29 is 0 Å². The Bertz CT molecular complexity index is 9030. The molecule has 0 saturated carbocycles. The van der Waals surface area contributed by atoms with Crippen LogP contribution in [-0.2, 0) is 0 Å². The molecule has 3 aromatic heterocycles. The zero-order valence-corrected chi connectivity index (χ0v) is 71.9. The lowest BCUT2D eigenvalue weighted by Gasteiger charge is -2.26. The van der Waals surface area contributed by atoms with Crippen molar-refractivity contribution in [1.82, 2.24) is 0 Å². The van der Waals surface area contributed by atoms with Gasteiger partial charge < -0.3 is 14.7 Å². The summed E-state index contributed by atoms with van der Waals surface area (Å²) in [5.41, 5.74) is 9.50. The standard InChI is InChI=1S/2C40H25NS.C22H14.C19H15NS/c1-2-10-29(11-3-1)41(37-15-8-14-36-34-13-6-7-16-38(34)42-40(36)37)30-21-24-32-28(25-30)18-17-27-20-22-33-31-12-5-4-9-26(31)19-23-35(33)39(27)32;1-2-10-29(11-3-1)41(37-15-8-14-36-34-13-6-7-16-38(34)42-40(36)37)30-21-24-31-28(25-30)20-23-35-33(31)22-19-27-18-17-26-9-4-5-12-32(26)39(27)35;1-3-7-18-15(5-1)11-14-21-20(18)13-12-17-10-9-16-6-2-4-8-19(16)22(17)21;1-20(14-8-3-2-4-9-14)17-12-7-11-16-15-10-5-6-13-18(15)21-19(16)17/h2*1-25H;1-14H;2-13H,1H3. The summed E-state index contributed by atoms with van der Waals surface area (Å²) in [6.45, 7) is 0. The maximum absolute atomic E-state index is 2.41. The van der Waals surface area contributed by atoms with Crippen LogP contribution in [0, 0.1) is 0 Å². The average Bonchev–Trinajstić information content (AvgIpc) is 1.67. The molecule has 0 bridgehead atoms. The summed E-state index contributed by atoms with van der Waals surface area (Å²) in [7, 11) is 2.13. The fourth-order valence-electron chi connectivity index (χ4n) is 19.8. The molecule has 0 fully saturated rings. The van der Waals surface area contributed by atoms with E-state index in [0.717, 1.165) is 22.7 Å². The maximum atomic E-state index is 2.41. The van der Waals surface area contributed by atoms with E-state index in [1.807, 2.05) is 34.0 Å². The second-order valence-corrected chi connectivity index (χ2v) is 36.0. The molecule has 3 heterocycles. The van der Waals surface area contributed by atoms with E-state index in [0.29, 0.717) is 0 Å². The van der Waals surface area contributed by atoms with Crippen molar-refractivity contribution in [2.75, 3.05) is 21.7 Å². The predicted octanol–water partition coefficient (Wildman–Crippen LogP) is 36.4. The van der Waals surface area contributed by atoms with Crippen LogP contribution >= 0.6 is 34.0 Å². The zero-order valence-electron chi connectivity index (χ0n) is 69.4. The van der Waals surface area contributed by atoms with Crippen molar-refractivity contribution in [1.29, 1.82) is 0 Å². The molecule has 0 amide bonds. The van der Waals surface area contributed by atoms with E-state index in [9.17, 15) is 0 Å². The Morgan fingerprint density at radius 1 is 0.150 bits per heavy atom. The van der Waals surface area contributed by atoms with Gasteiger partial charge in [0.1, 0.15) is 0 Å². The van der Waals surface area contributed by atoms with Crippen LogP contribution in [0.3, 0.4) is 0 Å². The molecule has 596 valence electrons. The molecule has 6 heteroatoms. The van der Waals surface area contributed by atoms with Gasteiger partial charge in [0.2, 0.25) is 0 Å². The van der Waals surface area contributed by atoms with E-state index in [-0.39, 0.29) is 0 Å². The number of fused-ring (bicyclic) bond motifs is 30. The first kappa shape index (κ1) is 75.2. The summed E-state index contributed by atoms with van der Waals surface area (Å²) in [5.74, 6) is 0. The van der Waals surface area contributed by atoms with Crippen molar-refractivity contribution in [3.63, 3.8) is 0 Å². The van der Waals surface area contributed by atoms with Crippen molar-refractivity contribution >= 4 is 269 Å². The third kappa shape index (κ3) is 13.1. The predicted molar refractivity (Wildman–Crippen MR) is 558 cm³/mol. The highest BCUT2D eigenvalue weighted by Gasteiger charge is 2.23. The molecule has 0 aliphatic rings. The Labute approximate surface area is 746 Å². The Hall–Kier alpha value is -15.5. The number of hydrogen-bond acceptors (Lipinski definition) is 6. The summed E-state index contributed by atoms with van der Waals surface area (Å²) >= 11 is 5.61. The van der Waals surface area contributed by atoms with Gasteiger partial charge in [-0.3, -0.25) is 0 Å². The Morgan fingerprint density at radius 3 is 0.819 bits per heavy atom. The smallest absolute Gasteiger partial charge is 0.0640 e. The highest BCUT2D eigenvalue weighted by Crippen LogP contribution is 2.50. The molecular weight excluding hydrogens is 1590 g/mol.